The number of benzene rings is 1. The van der Waals surface area contributed by atoms with Gasteiger partial charge in [0.15, 0.2) is 11.5 Å². The van der Waals surface area contributed by atoms with Gasteiger partial charge in [-0.1, -0.05) is 12.5 Å². The first-order valence-electron chi connectivity index (χ1n) is 9.51. The van der Waals surface area contributed by atoms with Gasteiger partial charge in [0.05, 0.1) is 19.8 Å². The molecular weight excluding hydrogens is 344 g/mol. The van der Waals surface area contributed by atoms with E-state index in [0.717, 1.165) is 31.8 Å². The van der Waals surface area contributed by atoms with Crippen molar-refractivity contribution in [1.29, 1.82) is 0 Å². The van der Waals surface area contributed by atoms with Crippen molar-refractivity contribution in [2.45, 2.75) is 38.6 Å². The number of aromatic nitrogens is 3. The minimum Gasteiger partial charge on any atom is -0.493 e. The maximum atomic E-state index is 13.3. The molecule has 1 spiro atoms. The quantitative estimate of drug-likeness (QED) is 0.809. The molecule has 0 N–H and O–H groups in total. The lowest BCUT2D eigenvalue weighted by atomic mass is 9.62. The van der Waals surface area contributed by atoms with E-state index in [-0.39, 0.29) is 17.2 Å². The molecule has 7 heteroatoms. The number of carbonyl (C=O) groups is 1. The standard InChI is InChI=1S/C20H26N4O3/c1-4-23-13-21-22-18(23)15-11-24(12-20(15)9-6-10-20)19(25)14-7-5-8-16(26-2)17(14)27-3/h5,7-8,13,15H,4,6,9-12H2,1-3H3. The summed E-state index contributed by atoms with van der Waals surface area (Å²) in [5.74, 6) is 2.29. The maximum Gasteiger partial charge on any atom is 0.257 e. The molecule has 1 aromatic heterocycles. The number of hydrogen-bond donors (Lipinski definition) is 0. The third-order valence-corrected chi connectivity index (χ3v) is 6.22. The summed E-state index contributed by atoms with van der Waals surface area (Å²) >= 11 is 0. The van der Waals surface area contributed by atoms with Crippen molar-refractivity contribution < 1.29 is 14.3 Å². The van der Waals surface area contributed by atoms with E-state index in [2.05, 4.69) is 21.7 Å². The molecule has 1 atom stereocenters. The van der Waals surface area contributed by atoms with E-state index >= 15 is 0 Å². The molecule has 1 amide bonds. The largest absolute Gasteiger partial charge is 0.493 e. The number of hydrogen-bond acceptors (Lipinski definition) is 5. The van der Waals surface area contributed by atoms with E-state index in [9.17, 15) is 4.79 Å². The number of carbonyl (C=O) groups excluding carboxylic acids is 1. The van der Waals surface area contributed by atoms with Crippen molar-refractivity contribution >= 4 is 5.91 Å². The normalized spacial score (nSPS) is 20.6. The molecule has 0 bridgehead atoms. The van der Waals surface area contributed by atoms with Gasteiger partial charge in [0.2, 0.25) is 0 Å². The molecule has 2 aromatic rings. The van der Waals surface area contributed by atoms with E-state index in [4.69, 9.17) is 9.47 Å². The van der Waals surface area contributed by atoms with Crippen LogP contribution >= 0.6 is 0 Å². The van der Waals surface area contributed by atoms with Crippen molar-refractivity contribution in [1.82, 2.24) is 19.7 Å². The zero-order valence-electron chi connectivity index (χ0n) is 16.1. The smallest absolute Gasteiger partial charge is 0.257 e. The number of nitrogens with zero attached hydrogens (tertiary/aromatic N) is 4. The molecule has 2 aliphatic rings. The van der Waals surface area contributed by atoms with Crippen molar-refractivity contribution in [3.8, 4) is 11.5 Å². The summed E-state index contributed by atoms with van der Waals surface area (Å²) < 4.78 is 12.9. The van der Waals surface area contributed by atoms with Gasteiger partial charge in [-0.15, -0.1) is 10.2 Å². The van der Waals surface area contributed by atoms with Crippen molar-refractivity contribution in [2.75, 3.05) is 27.3 Å². The number of aryl methyl sites for hydroxylation is 1. The van der Waals surface area contributed by atoms with Crippen LogP contribution in [0.2, 0.25) is 0 Å². The van der Waals surface area contributed by atoms with Crippen molar-refractivity contribution in [3.05, 3.63) is 35.9 Å². The molecule has 1 aromatic carbocycles. The Kier molecular flexibility index (Phi) is 4.53. The molecule has 0 radical (unpaired) electrons. The minimum atomic E-state index is -0.0120. The topological polar surface area (TPSA) is 69.5 Å². The van der Waals surface area contributed by atoms with Gasteiger partial charge in [0.1, 0.15) is 12.2 Å². The second-order valence-electron chi connectivity index (χ2n) is 7.47. The van der Waals surface area contributed by atoms with Crippen LogP contribution in [0.4, 0.5) is 0 Å². The first-order valence-corrected chi connectivity index (χ1v) is 9.51. The maximum absolute atomic E-state index is 13.3. The average Bonchev–Trinajstić information content (AvgIpc) is 3.30. The van der Waals surface area contributed by atoms with Crippen LogP contribution in [0, 0.1) is 5.41 Å². The Morgan fingerprint density at radius 3 is 2.74 bits per heavy atom. The van der Waals surface area contributed by atoms with Gasteiger partial charge in [0, 0.05) is 25.6 Å². The van der Waals surface area contributed by atoms with Crippen LogP contribution in [0.3, 0.4) is 0 Å². The number of para-hydroxylation sites is 1. The average molecular weight is 370 g/mol. The molecule has 1 saturated heterocycles. The van der Waals surface area contributed by atoms with E-state index in [1.165, 1.54) is 6.42 Å². The van der Waals surface area contributed by atoms with Gasteiger partial charge in [-0.05, 0) is 37.3 Å². The molecule has 1 aliphatic carbocycles. The van der Waals surface area contributed by atoms with E-state index in [0.29, 0.717) is 23.6 Å². The molecule has 4 rings (SSSR count). The second kappa shape index (κ2) is 6.87. The van der Waals surface area contributed by atoms with Crippen LogP contribution in [0.1, 0.15) is 48.3 Å². The summed E-state index contributed by atoms with van der Waals surface area (Å²) in [5, 5.41) is 8.52. The summed E-state index contributed by atoms with van der Waals surface area (Å²) in [6, 6.07) is 5.44. The number of ether oxygens (including phenoxy) is 2. The Morgan fingerprint density at radius 2 is 2.11 bits per heavy atom. The molecule has 2 heterocycles. The number of amides is 1. The van der Waals surface area contributed by atoms with Gasteiger partial charge >= 0.3 is 0 Å². The SMILES string of the molecule is CCn1cnnc1C1CN(C(=O)c2cccc(OC)c2OC)CC12CCC2. The molecule has 7 nitrogen and oxygen atoms in total. The highest BCUT2D eigenvalue weighted by Gasteiger charge is 2.53. The van der Waals surface area contributed by atoms with Crippen LogP contribution in [-0.4, -0.2) is 52.9 Å². The van der Waals surface area contributed by atoms with E-state index in [1.54, 1.807) is 32.7 Å². The highest BCUT2D eigenvalue weighted by Crippen LogP contribution is 2.55. The summed E-state index contributed by atoms with van der Waals surface area (Å²) in [6.07, 6.45) is 5.26. The molecule has 144 valence electrons. The zero-order chi connectivity index (χ0) is 19.0. The molecule has 1 saturated carbocycles. The lowest BCUT2D eigenvalue weighted by Gasteiger charge is -2.42. The lowest BCUT2D eigenvalue weighted by molar-refractivity contribution is 0.0719. The van der Waals surface area contributed by atoms with Crippen LogP contribution in [0.25, 0.3) is 0 Å². The number of rotatable bonds is 5. The van der Waals surface area contributed by atoms with Crippen LogP contribution in [0.5, 0.6) is 11.5 Å². The first kappa shape index (κ1) is 17.8. The lowest BCUT2D eigenvalue weighted by Crippen LogP contribution is -2.38. The first-order chi connectivity index (χ1) is 13.1. The Morgan fingerprint density at radius 1 is 1.30 bits per heavy atom. The summed E-state index contributed by atoms with van der Waals surface area (Å²) in [7, 11) is 3.15. The predicted octanol–water partition coefficient (Wildman–Crippen LogP) is 2.73. The Labute approximate surface area is 159 Å². The van der Waals surface area contributed by atoms with Crippen molar-refractivity contribution in [3.63, 3.8) is 0 Å². The monoisotopic (exact) mass is 370 g/mol. The molecule has 1 unspecified atom stereocenters. The predicted molar refractivity (Wildman–Crippen MR) is 100 cm³/mol. The number of likely N-dealkylation sites (tertiary alicyclic amines) is 1. The Hall–Kier alpha value is -2.57. The van der Waals surface area contributed by atoms with Gasteiger partial charge in [-0.3, -0.25) is 4.79 Å². The second-order valence-corrected chi connectivity index (χ2v) is 7.47. The van der Waals surface area contributed by atoms with Crippen LogP contribution in [-0.2, 0) is 6.54 Å². The van der Waals surface area contributed by atoms with E-state index in [1.807, 2.05) is 11.0 Å². The highest BCUT2D eigenvalue weighted by atomic mass is 16.5. The fourth-order valence-electron chi connectivity index (χ4n) is 4.62. The van der Waals surface area contributed by atoms with Gasteiger partial charge in [-0.2, -0.15) is 0 Å². The Balaban J connectivity index is 1.65. The third-order valence-electron chi connectivity index (χ3n) is 6.22. The molecule has 2 fully saturated rings. The summed E-state index contributed by atoms with van der Waals surface area (Å²) in [4.78, 5) is 15.3. The highest BCUT2D eigenvalue weighted by molar-refractivity contribution is 5.98. The van der Waals surface area contributed by atoms with Crippen LogP contribution in [0.15, 0.2) is 24.5 Å². The zero-order valence-corrected chi connectivity index (χ0v) is 16.1. The van der Waals surface area contributed by atoms with Gasteiger partial charge in [-0.25, -0.2) is 0 Å². The molecular formula is C20H26N4O3. The van der Waals surface area contributed by atoms with Crippen LogP contribution < -0.4 is 9.47 Å². The Bertz CT molecular complexity index is 844. The summed E-state index contributed by atoms with van der Waals surface area (Å²) in [5.41, 5.74) is 0.672. The molecule has 1 aliphatic heterocycles. The fourth-order valence-corrected chi connectivity index (χ4v) is 4.62. The van der Waals surface area contributed by atoms with E-state index < -0.39 is 0 Å². The fraction of sp³-hybridized carbons (Fsp3) is 0.550. The minimum absolute atomic E-state index is 0.0120. The van der Waals surface area contributed by atoms with Gasteiger partial charge < -0.3 is 18.9 Å². The molecule has 27 heavy (non-hydrogen) atoms. The van der Waals surface area contributed by atoms with Crippen molar-refractivity contribution in [2.24, 2.45) is 5.41 Å². The summed E-state index contributed by atoms with van der Waals surface area (Å²) in [6.45, 7) is 4.36. The third kappa shape index (κ3) is 2.76. The van der Waals surface area contributed by atoms with Gasteiger partial charge in [0.25, 0.3) is 5.91 Å². The number of methoxy groups -OCH3 is 2.